The molecule has 2 amide bonds. The first-order valence-corrected chi connectivity index (χ1v) is 7.39. The van der Waals surface area contributed by atoms with E-state index in [1.54, 1.807) is 18.9 Å². The van der Waals surface area contributed by atoms with E-state index >= 15 is 0 Å². The fourth-order valence-electron chi connectivity index (χ4n) is 2.94. The number of carbonyl (C=O) groups excluding carboxylic acids is 2. The molecule has 2 saturated heterocycles. The summed E-state index contributed by atoms with van der Waals surface area (Å²) in [6.07, 6.45) is 2.46. The Bertz CT molecular complexity index is 361. The number of hydrogen-bond donors (Lipinski definition) is 0. The highest BCUT2D eigenvalue weighted by Crippen LogP contribution is 2.22. The molecule has 2 aliphatic rings. The van der Waals surface area contributed by atoms with Crippen molar-refractivity contribution in [2.75, 3.05) is 39.9 Å². The molecule has 2 rings (SSSR count). The van der Waals surface area contributed by atoms with Crippen LogP contribution in [0.15, 0.2) is 0 Å². The second-order valence-corrected chi connectivity index (χ2v) is 5.41. The predicted octanol–water partition coefficient (Wildman–Crippen LogP) is 1.10. The van der Waals surface area contributed by atoms with E-state index in [4.69, 9.17) is 9.47 Å². The summed E-state index contributed by atoms with van der Waals surface area (Å²) in [4.78, 5) is 27.7. The zero-order chi connectivity index (χ0) is 14.5. The summed E-state index contributed by atoms with van der Waals surface area (Å²) in [5, 5.41) is 0. The largest absolute Gasteiger partial charge is 0.450 e. The van der Waals surface area contributed by atoms with Crippen molar-refractivity contribution in [3.8, 4) is 0 Å². The minimum atomic E-state index is -0.304. The summed E-state index contributed by atoms with van der Waals surface area (Å²) in [5.74, 6) is 0.0577. The first-order valence-electron chi connectivity index (χ1n) is 7.39. The molecule has 0 aliphatic carbocycles. The third-order valence-corrected chi connectivity index (χ3v) is 4.09. The maximum Gasteiger partial charge on any atom is 0.409 e. The highest BCUT2D eigenvalue weighted by molar-refractivity contribution is 5.80. The Morgan fingerprint density at radius 3 is 2.60 bits per heavy atom. The van der Waals surface area contributed by atoms with Gasteiger partial charge in [0.25, 0.3) is 0 Å². The minimum absolute atomic E-state index is 0.0937. The van der Waals surface area contributed by atoms with Gasteiger partial charge in [-0.3, -0.25) is 4.79 Å². The van der Waals surface area contributed by atoms with Crippen LogP contribution >= 0.6 is 0 Å². The third kappa shape index (κ3) is 3.42. The standard InChI is InChI=1S/C14H24N2O4/c1-3-20-14(18)16-7-4-5-11(9-16)13(17)15-8-6-12(10-15)19-2/h11-12H,3-10H2,1-2H3/t11-,12+/m0/s1. The van der Waals surface area contributed by atoms with Crippen molar-refractivity contribution < 1.29 is 19.1 Å². The molecule has 6 nitrogen and oxygen atoms in total. The molecule has 0 bridgehead atoms. The lowest BCUT2D eigenvalue weighted by atomic mass is 9.97. The molecule has 0 aromatic heterocycles. The lowest BCUT2D eigenvalue weighted by Crippen LogP contribution is -2.46. The van der Waals surface area contributed by atoms with Gasteiger partial charge in [0.05, 0.1) is 18.6 Å². The van der Waals surface area contributed by atoms with Gasteiger partial charge in [-0.15, -0.1) is 0 Å². The molecule has 0 aromatic rings. The van der Waals surface area contributed by atoms with Crippen molar-refractivity contribution >= 4 is 12.0 Å². The zero-order valence-electron chi connectivity index (χ0n) is 12.3. The Balaban J connectivity index is 1.88. The highest BCUT2D eigenvalue weighted by Gasteiger charge is 2.34. The summed E-state index contributed by atoms with van der Waals surface area (Å²) in [6.45, 7) is 4.75. The number of ether oxygens (including phenoxy) is 2. The van der Waals surface area contributed by atoms with Gasteiger partial charge in [0.1, 0.15) is 0 Å². The topological polar surface area (TPSA) is 59.1 Å². The van der Waals surface area contributed by atoms with E-state index in [1.165, 1.54) is 0 Å². The Hall–Kier alpha value is -1.30. The van der Waals surface area contributed by atoms with E-state index < -0.39 is 0 Å². The summed E-state index contributed by atoms with van der Waals surface area (Å²) in [6, 6.07) is 0. The second kappa shape index (κ2) is 6.92. The molecule has 20 heavy (non-hydrogen) atoms. The predicted molar refractivity (Wildman–Crippen MR) is 73.3 cm³/mol. The van der Waals surface area contributed by atoms with Crippen molar-refractivity contribution in [3.05, 3.63) is 0 Å². The molecule has 0 saturated carbocycles. The van der Waals surface area contributed by atoms with Crippen molar-refractivity contribution in [1.29, 1.82) is 0 Å². The average Bonchev–Trinajstić information content (AvgIpc) is 2.96. The second-order valence-electron chi connectivity index (χ2n) is 5.41. The fraction of sp³-hybridized carbons (Fsp3) is 0.857. The van der Waals surface area contributed by atoms with E-state index in [9.17, 15) is 9.59 Å². The van der Waals surface area contributed by atoms with Crippen molar-refractivity contribution in [2.24, 2.45) is 5.92 Å². The first-order chi connectivity index (χ1) is 9.65. The van der Waals surface area contributed by atoms with Crippen molar-refractivity contribution in [2.45, 2.75) is 32.3 Å². The molecule has 6 heteroatoms. The zero-order valence-corrected chi connectivity index (χ0v) is 12.3. The van der Waals surface area contributed by atoms with E-state index in [0.717, 1.165) is 25.8 Å². The molecule has 0 N–H and O–H groups in total. The van der Waals surface area contributed by atoms with Crippen LogP contribution in [0.2, 0.25) is 0 Å². The van der Waals surface area contributed by atoms with Crippen LogP contribution in [-0.2, 0) is 14.3 Å². The van der Waals surface area contributed by atoms with Gasteiger partial charge in [0.15, 0.2) is 0 Å². The van der Waals surface area contributed by atoms with E-state index in [0.29, 0.717) is 26.2 Å². The van der Waals surface area contributed by atoms with Gasteiger partial charge in [0, 0.05) is 33.3 Å². The Kier molecular flexibility index (Phi) is 5.23. The maximum atomic E-state index is 12.5. The summed E-state index contributed by atoms with van der Waals surface area (Å²) >= 11 is 0. The summed E-state index contributed by atoms with van der Waals surface area (Å²) in [7, 11) is 1.68. The van der Waals surface area contributed by atoms with Gasteiger partial charge in [-0.05, 0) is 26.2 Å². The lowest BCUT2D eigenvalue weighted by molar-refractivity contribution is -0.136. The number of likely N-dealkylation sites (tertiary alicyclic amines) is 2. The highest BCUT2D eigenvalue weighted by atomic mass is 16.6. The molecular weight excluding hydrogens is 260 g/mol. The van der Waals surface area contributed by atoms with Crippen LogP contribution in [0.25, 0.3) is 0 Å². The van der Waals surface area contributed by atoms with Gasteiger partial charge < -0.3 is 19.3 Å². The quantitative estimate of drug-likeness (QED) is 0.779. The molecule has 0 unspecified atom stereocenters. The summed E-state index contributed by atoms with van der Waals surface area (Å²) in [5.41, 5.74) is 0. The lowest BCUT2D eigenvalue weighted by Gasteiger charge is -2.33. The molecule has 0 aromatic carbocycles. The van der Waals surface area contributed by atoms with Gasteiger partial charge in [0.2, 0.25) is 5.91 Å². The van der Waals surface area contributed by atoms with Crippen LogP contribution in [0.5, 0.6) is 0 Å². The number of piperidine rings is 1. The molecule has 2 fully saturated rings. The number of hydrogen-bond acceptors (Lipinski definition) is 4. The van der Waals surface area contributed by atoms with Crippen LogP contribution < -0.4 is 0 Å². The summed E-state index contributed by atoms with van der Waals surface area (Å²) < 4.78 is 10.3. The Labute approximate surface area is 120 Å². The van der Waals surface area contributed by atoms with E-state index in [2.05, 4.69) is 0 Å². The van der Waals surface area contributed by atoms with Gasteiger partial charge in [-0.2, -0.15) is 0 Å². The number of carbonyl (C=O) groups is 2. The van der Waals surface area contributed by atoms with Crippen molar-refractivity contribution in [3.63, 3.8) is 0 Å². The molecular formula is C14H24N2O4. The molecule has 2 atom stereocenters. The Morgan fingerprint density at radius 2 is 1.95 bits per heavy atom. The minimum Gasteiger partial charge on any atom is -0.450 e. The van der Waals surface area contributed by atoms with Gasteiger partial charge >= 0.3 is 6.09 Å². The monoisotopic (exact) mass is 284 g/mol. The van der Waals surface area contributed by atoms with Gasteiger partial charge in [-0.25, -0.2) is 4.79 Å². The van der Waals surface area contributed by atoms with Crippen LogP contribution in [-0.4, -0.2) is 67.8 Å². The third-order valence-electron chi connectivity index (χ3n) is 4.09. The van der Waals surface area contributed by atoms with E-state index in [1.807, 2.05) is 4.90 Å². The molecule has 114 valence electrons. The molecule has 2 aliphatic heterocycles. The smallest absolute Gasteiger partial charge is 0.409 e. The molecule has 0 radical (unpaired) electrons. The van der Waals surface area contributed by atoms with Crippen LogP contribution in [0.3, 0.4) is 0 Å². The number of methoxy groups -OCH3 is 1. The van der Waals surface area contributed by atoms with E-state index in [-0.39, 0.29) is 24.0 Å². The fourth-order valence-corrected chi connectivity index (χ4v) is 2.94. The van der Waals surface area contributed by atoms with Crippen molar-refractivity contribution in [1.82, 2.24) is 9.80 Å². The molecule has 2 heterocycles. The SMILES string of the molecule is CCOC(=O)N1CCC[C@H](C(=O)N2CC[C@@H](OC)C2)C1. The number of rotatable bonds is 3. The van der Waals surface area contributed by atoms with Crippen LogP contribution in [0.1, 0.15) is 26.2 Å². The normalized spacial score (nSPS) is 26.7. The number of amides is 2. The maximum absolute atomic E-state index is 12.5. The van der Waals surface area contributed by atoms with Gasteiger partial charge in [-0.1, -0.05) is 0 Å². The Morgan fingerprint density at radius 1 is 1.15 bits per heavy atom. The van der Waals surface area contributed by atoms with Crippen LogP contribution in [0, 0.1) is 5.92 Å². The molecule has 0 spiro atoms. The average molecular weight is 284 g/mol. The first kappa shape index (κ1) is 15.1. The number of nitrogens with zero attached hydrogens (tertiary/aromatic N) is 2. The van der Waals surface area contributed by atoms with Crippen LogP contribution in [0.4, 0.5) is 4.79 Å².